The molecule has 9 heteroatoms. The lowest BCUT2D eigenvalue weighted by Crippen LogP contribution is -2.19. The van der Waals surface area contributed by atoms with Crippen molar-refractivity contribution in [1.82, 2.24) is 4.98 Å². The first-order valence-corrected chi connectivity index (χ1v) is 15.1. The van der Waals surface area contributed by atoms with Gasteiger partial charge in [0.1, 0.15) is 11.1 Å². The summed E-state index contributed by atoms with van der Waals surface area (Å²) in [5.74, 6) is 1.47. The number of nitrogens with zero attached hydrogens (tertiary/aromatic N) is 1. The minimum Gasteiger partial charge on any atom is -0.457 e. The molecule has 0 radical (unpaired) electrons. The van der Waals surface area contributed by atoms with Gasteiger partial charge in [-0.25, -0.2) is 4.98 Å². The number of hydrogen-bond donors (Lipinski definition) is 0. The second-order valence-electron chi connectivity index (χ2n) is 8.89. The molecular formula is C28H28NO4PS3. The SMILES string of the molecule is Cc1c(CC(C)C)oc(-c2nccs2)c1P(=O)(OCC(=S)c1ccccc1)OCC(=S)c1ccccc1. The molecule has 0 aliphatic carbocycles. The van der Waals surface area contributed by atoms with Crippen LogP contribution in [0.15, 0.2) is 76.7 Å². The normalized spacial score (nSPS) is 11.7. The molecule has 0 unspecified atom stereocenters. The van der Waals surface area contributed by atoms with E-state index in [4.69, 9.17) is 37.9 Å². The molecule has 0 N–H and O–H groups in total. The van der Waals surface area contributed by atoms with E-state index in [2.05, 4.69) is 18.8 Å². The third kappa shape index (κ3) is 6.77. The van der Waals surface area contributed by atoms with Crippen LogP contribution in [0.25, 0.3) is 10.8 Å². The van der Waals surface area contributed by atoms with Gasteiger partial charge in [0, 0.05) is 33.3 Å². The third-order valence-electron chi connectivity index (χ3n) is 5.63. The fourth-order valence-corrected chi connectivity index (χ4v) is 6.92. The summed E-state index contributed by atoms with van der Waals surface area (Å²) >= 11 is 12.6. The Hall–Kier alpha value is -2.32. The minimum atomic E-state index is -3.96. The standard InChI is InChI=1S/C28H28NO4PS3/c1-19(2)16-23-20(3)27(26(33-23)28-29-14-15-37-28)34(30,31-17-24(35)21-10-6-4-7-11-21)32-18-25(36)22-12-8-5-9-13-22/h4-15,19H,16-18H2,1-3H3. The Morgan fingerprint density at radius 3 is 1.97 bits per heavy atom. The van der Waals surface area contributed by atoms with Crippen molar-refractivity contribution in [2.75, 3.05) is 13.2 Å². The van der Waals surface area contributed by atoms with Crippen LogP contribution in [-0.4, -0.2) is 27.9 Å². The number of thiazole rings is 1. The van der Waals surface area contributed by atoms with E-state index in [9.17, 15) is 4.57 Å². The highest BCUT2D eigenvalue weighted by atomic mass is 32.1. The number of thiocarbonyl (C=S) groups is 2. The molecule has 0 amide bonds. The molecular weight excluding hydrogens is 541 g/mol. The highest BCUT2D eigenvalue weighted by molar-refractivity contribution is 7.81. The molecule has 192 valence electrons. The predicted molar refractivity (Wildman–Crippen MR) is 159 cm³/mol. The Morgan fingerprint density at radius 1 is 0.973 bits per heavy atom. The van der Waals surface area contributed by atoms with Crippen molar-refractivity contribution >= 4 is 58.4 Å². The molecule has 0 spiro atoms. The summed E-state index contributed by atoms with van der Waals surface area (Å²) in [7, 11) is -3.96. The van der Waals surface area contributed by atoms with Gasteiger partial charge in [0.2, 0.25) is 0 Å². The quantitative estimate of drug-likeness (QED) is 0.0989. The lowest BCUT2D eigenvalue weighted by molar-refractivity contribution is 0.259. The van der Waals surface area contributed by atoms with Crippen LogP contribution < -0.4 is 5.30 Å². The lowest BCUT2D eigenvalue weighted by Gasteiger charge is -2.20. The van der Waals surface area contributed by atoms with Gasteiger partial charge >= 0.3 is 7.60 Å². The summed E-state index contributed by atoms with van der Waals surface area (Å²) in [6, 6.07) is 19.0. The Bertz CT molecular complexity index is 1340. The van der Waals surface area contributed by atoms with Gasteiger partial charge in [0.05, 0.1) is 13.2 Å². The minimum absolute atomic E-state index is 0.0594. The van der Waals surface area contributed by atoms with Gasteiger partial charge in [-0.3, -0.25) is 13.6 Å². The van der Waals surface area contributed by atoms with Gasteiger partial charge in [-0.2, -0.15) is 0 Å². The maximum Gasteiger partial charge on any atom is 0.366 e. The summed E-state index contributed by atoms with van der Waals surface area (Å²) in [5, 5.41) is 2.84. The zero-order valence-electron chi connectivity index (χ0n) is 20.9. The van der Waals surface area contributed by atoms with Crippen LogP contribution in [0, 0.1) is 12.8 Å². The first-order chi connectivity index (χ1) is 17.8. The third-order valence-corrected chi connectivity index (χ3v) is 9.13. The Morgan fingerprint density at radius 2 is 1.51 bits per heavy atom. The summed E-state index contributed by atoms with van der Waals surface area (Å²) in [4.78, 5) is 5.47. The van der Waals surface area contributed by atoms with Crippen LogP contribution >= 0.6 is 43.4 Å². The maximum atomic E-state index is 14.7. The van der Waals surface area contributed by atoms with Crippen molar-refractivity contribution < 1.29 is 18.0 Å². The van der Waals surface area contributed by atoms with E-state index in [1.165, 1.54) is 11.3 Å². The average Bonchev–Trinajstić information content (AvgIpc) is 3.55. The summed E-state index contributed by atoms with van der Waals surface area (Å²) in [6.45, 7) is 5.98. The van der Waals surface area contributed by atoms with Crippen LogP contribution in [0.1, 0.15) is 36.3 Å². The van der Waals surface area contributed by atoms with Crippen LogP contribution in [-0.2, 0) is 20.0 Å². The van der Waals surface area contributed by atoms with Crippen molar-refractivity contribution in [3.63, 3.8) is 0 Å². The second-order valence-corrected chi connectivity index (χ2v) is 12.7. The van der Waals surface area contributed by atoms with Gasteiger partial charge in [-0.15, -0.1) is 11.3 Å². The van der Waals surface area contributed by atoms with Crippen molar-refractivity contribution in [3.8, 4) is 10.8 Å². The van der Waals surface area contributed by atoms with Gasteiger partial charge in [0.25, 0.3) is 0 Å². The van der Waals surface area contributed by atoms with Crippen molar-refractivity contribution in [3.05, 3.63) is 94.7 Å². The highest BCUT2D eigenvalue weighted by Gasteiger charge is 2.39. The Balaban J connectivity index is 1.72. The number of hydrogen-bond acceptors (Lipinski definition) is 8. The van der Waals surface area contributed by atoms with Crippen molar-refractivity contribution in [2.24, 2.45) is 5.92 Å². The molecule has 4 rings (SSSR count). The predicted octanol–water partition coefficient (Wildman–Crippen LogP) is 7.60. The summed E-state index contributed by atoms with van der Waals surface area (Å²) < 4.78 is 33.2. The topological polar surface area (TPSA) is 61.6 Å². The smallest absolute Gasteiger partial charge is 0.366 e. The number of benzene rings is 2. The molecule has 2 aromatic carbocycles. The van der Waals surface area contributed by atoms with Crippen LogP contribution in [0.3, 0.4) is 0 Å². The van der Waals surface area contributed by atoms with Gasteiger partial charge in [-0.05, 0) is 24.0 Å². The molecule has 2 heterocycles. The van der Waals surface area contributed by atoms with E-state index >= 15 is 0 Å². The largest absolute Gasteiger partial charge is 0.457 e. The number of aromatic nitrogens is 1. The van der Waals surface area contributed by atoms with Gasteiger partial charge in [0.15, 0.2) is 10.8 Å². The van der Waals surface area contributed by atoms with Crippen LogP contribution in [0.2, 0.25) is 0 Å². The van der Waals surface area contributed by atoms with E-state index in [0.717, 1.165) is 22.5 Å². The molecule has 2 aromatic heterocycles. The van der Waals surface area contributed by atoms with E-state index in [0.29, 0.717) is 38.1 Å². The summed E-state index contributed by atoms with van der Waals surface area (Å²) in [5.41, 5.74) is 2.39. The zero-order chi connectivity index (χ0) is 26.4. The molecule has 0 aliphatic heterocycles. The maximum absolute atomic E-state index is 14.7. The first kappa shape index (κ1) is 27.7. The zero-order valence-corrected chi connectivity index (χ0v) is 24.2. The van der Waals surface area contributed by atoms with E-state index < -0.39 is 7.60 Å². The van der Waals surface area contributed by atoms with E-state index in [1.54, 1.807) is 6.20 Å². The number of rotatable bonds is 12. The second kappa shape index (κ2) is 12.5. The Kier molecular flexibility index (Phi) is 9.35. The monoisotopic (exact) mass is 569 g/mol. The first-order valence-electron chi connectivity index (χ1n) is 11.9. The molecule has 0 saturated carbocycles. The number of furan rings is 1. The van der Waals surface area contributed by atoms with Crippen molar-refractivity contribution in [1.29, 1.82) is 0 Å². The lowest BCUT2D eigenvalue weighted by atomic mass is 10.1. The average molecular weight is 570 g/mol. The van der Waals surface area contributed by atoms with Crippen molar-refractivity contribution in [2.45, 2.75) is 27.2 Å². The Labute approximate surface area is 232 Å². The molecule has 0 aliphatic rings. The van der Waals surface area contributed by atoms with Gasteiger partial charge < -0.3 is 4.42 Å². The molecule has 37 heavy (non-hydrogen) atoms. The van der Waals surface area contributed by atoms with Crippen LogP contribution in [0.4, 0.5) is 0 Å². The molecule has 0 atom stereocenters. The molecule has 4 aromatic rings. The molecule has 0 saturated heterocycles. The fourth-order valence-electron chi connectivity index (χ4n) is 3.79. The summed E-state index contributed by atoms with van der Waals surface area (Å²) in [6.07, 6.45) is 2.36. The molecule has 0 bridgehead atoms. The van der Waals surface area contributed by atoms with E-state index in [-0.39, 0.29) is 13.2 Å². The van der Waals surface area contributed by atoms with Crippen LogP contribution in [0.5, 0.6) is 0 Å². The molecule has 5 nitrogen and oxygen atoms in total. The van der Waals surface area contributed by atoms with E-state index in [1.807, 2.05) is 73.0 Å². The fraction of sp³-hybridized carbons (Fsp3) is 0.250. The molecule has 0 fully saturated rings. The van der Waals surface area contributed by atoms with Gasteiger partial charge in [-0.1, -0.05) is 98.9 Å². The highest BCUT2D eigenvalue weighted by Crippen LogP contribution is 2.52.